The fourth-order valence-corrected chi connectivity index (χ4v) is 2.18. The molecule has 3 amide bonds. The Morgan fingerprint density at radius 1 is 1.26 bits per heavy atom. The lowest BCUT2D eigenvalue weighted by atomic mass is 10.1. The summed E-state index contributed by atoms with van der Waals surface area (Å²) in [6.45, 7) is 8.82. The number of imide groups is 1. The van der Waals surface area contributed by atoms with Crippen molar-refractivity contribution >= 4 is 17.6 Å². The van der Waals surface area contributed by atoms with Gasteiger partial charge in [-0.05, 0) is 40.2 Å². The van der Waals surface area contributed by atoms with E-state index in [0.29, 0.717) is 12.0 Å². The van der Waals surface area contributed by atoms with Crippen LogP contribution in [0, 0.1) is 10.1 Å². The first-order chi connectivity index (χ1) is 10.7. The minimum absolute atomic E-state index is 0.105. The number of nitro benzene ring substituents is 1. The number of aryl methyl sites for hydroxylation is 1. The highest BCUT2D eigenvalue weighted by Crippen LogP contribution is 2.22. The number of rotatable bonds is 5. The Morgan fingerprint density at radius 2 is 1.87 bits per heavy atom. The minimum atomic E-state index is -0.552. The molecule has 0 atom stereocenters. The van der Waals surface area contributed by atoms with Crippen molar-refractivity contribution in [1.29, 1.82) is 0 Å². The van der Waals surface area contributed by atoms with Crippen LogP contribution in [0.5, 0.6) is 0 Å². The van der Waals surface area contributed by atoms with E-state index < -0.39 is 16.9 Å². The van der Waals surface area contributed by atoms with Crippen LogP contribution in [0.25, 0.3) is 0 Å². The van der Waals surface area contributed by atoms with Crippen molar-refractivity contribution in [2.75, 3.05) is 0 Å². The van der Waals surface area contributed by atoms with E-state index in [1.807, 2.05) is 0 Å². The van der Waals surface area contributed by atoms with Crippen LogP contribution in [0.3, 0.4) is 0 Å². The van der Waals surface area contributed by atoms with Crippen LogP contribution in [0.1, 0.15) is 50.5 Å². The summed E-state index contributed by atoms with van der Waals surface area (Å²) < 4.78 is 0. The third-order valence-electron chi connectivity index (χ3n) is 3.28. The van der Waals surface area contributed by atoms with Crippen LogP contribution < -0.4 is 5.32 Å². The quantitative estimate of drug-likeness (QED) is 0.666. The average molecular weight is 321 g/mol. The maximum absolute atomic E-state index is 12.6. The molecule has 7 nitrogen and oxygen atoms in total. The highest BCUT2D eigenvalue weighted by atomic mass is 16.6. The van der Waals surface area contributed by atoms with E-state index >= 15 is 0 Å². The summed E-state index contributed by atoms with van der Waals surface area (Å²) in [6.07, 6.45) is 0.493. The van der Waals surface area contributed by atoms with Crippen molar-refractivity contribution in [3.8, 4) is 0 Å². The van der Waals surface area contributed by atoms with Crippen LogP contribution in [-0.4, -0.2) is 33.8 Å². The number of nitro groups is 1. The molecule has 126 valence electrons. The number of benzene rings is 1. The smallest absolute Gasteiger partial charge is 0.324 e. The molecule has 0 saturated heterocycles. The third-order valence-corrected chi connectivity index (χ3v) is 3.28. The molecule has 0 aliphatic rings. The van der Waals surface area contributed by atoms with Crippen molar-refractivity contribution in [2.24, 2.45) is 0 Å². The molecule has 0 radical (unpaired) electrons. The van der Waals surface area contributed by atoms with E-state index in [9.17, 15) is 19.7 Å². The van der Waals surface area contributed by atoms with E-state index in [-0.39, 0.29) is 23.3 Å². The topological polar surface area (TPSA) is 92.6 Å². The van der Waals surface area contributed by atoms with E-state index in [1.54, 1.807) is 40.7 Å². The van der Waals surface area contributed by atoms with E-state index in [0.717, 1.165) is 4.90 Å². The number of hydrogen-bond donors (Lipinski definition) is 1. The average Bonchev–Trinajstić information content (AvgIpc) is 2.45. The number of carbonyl (C=O) groups excluding carboxylic acids is 2. The molecule has 0 fully saturated rings. The lowest BCUT2D eigenvalue weighted by Gasteiger charge is -2.26. The molecule has 1 rings (SSSR count). The number of hydrogen-bond acceptors (Lipinski definition) is 4. The van der Waals surface area contributed by atoms with E-state index in [1.165, 1.54) is 12.1 Å². The van der Waals surface area contributed by atoms with Gasteiger partial charge in [0.2, 0.25) is 0 Å². The highest BCUT2D eigenvalue weighted by Gasteiger charge is 2.27. The normalized spacial score (nSPS) is 10.7. The zero-order chi connectivity index (χ0) is 17.7. The van der Waals surface area contributed by atoms with Gasteiger partial charge >= 0.3 is 6.03 Å². The molecule has 1 N–H and O–H groups in total. The van der Waals surface area contributed by atoms with Gasteiger partial charge in [0.25, 0.3) is 11.6 Å². The Hall–Kier alpha value is -2.44. The van der Waals surface area contributed by atoms with Crippen LogP contribution >= 0.6 is 0 Å². The summed E-state index contributed by atoms with van der Waals surface area (Å²) in [5.41, 5.74) is 0.571. The first-order valence-electron chi connectivity index (χ1n) is 7.60. The molecule has 0 aliphatic heterocycles. The SMILES string of the molecule is CCc1ccc(C(=O)N(C(=O)NC(C)C)C(C)C)cc1[N+](=O)[O-]. The molecule has 0 aromatic heterocycles. The largest absolute Gasteiger partial charge is 0.335 e. The van der Waals surface area contributed by atoms with E-state index in [4.69, 9.17) is 0 Å². The van der Waals surface area contributed by atoms with Crippen LogP contribution in [0.15, 0.2) is 18.2 Å². The number of amides is 3. The first kappa shape index (κ1) is 18.6. The summed E-state index contributed by atoms with van der Waals surface area (Å²) in [7, 11) is 0. The zero-order valence-corrected chi connectivity index (χ0v) is 14.1. The molecule has 0 spiro atoms. The van der Waals surface area contributed by atoms with Crippen LogP contribution in [0.2, 0.25) is 0 Å². The van der Waals surface area contributed by atoms with Crippen molar-refractivity contribution in [1.82, 2.24) is 10.2 Å². The van der Waals surface area contributed by atoms with Gasteiger partial charge in [0.15, 0.2) is 0 Å². The molecule has 1 aromatic carbocycles. The van der Waals surface area contributed by atoms with Gasteiger partial charge < -0.3 is 5.32 Å². The Kier molecular flexibility index (Phi) is 6.24. The van der Waals surface area contributed by atoms with Crippen LogP contribution in [-0.2, 0) is 6.42 Å². The van der Waals surface area contributed by atoms with Crippen molar-refractivity contribution < 1.29 is 14.5 Å². The Bertz CT molecular complexity index is 611. The summed E-state index contributed by atoms with van der Waals surface area (Å²) in [4.78, 5) is 36.5. The molecule has 0 heterocycles. The Labute approximate surface area is 135 Å². The summed E-state index contributed by atoms with van der Waals surface area (Å²) in [5.74, 6) is -0.552. The van der Waals surface area contributed by atoms with Gasteiger partial charge in [-0.3, -0.25) is 19.8 Å². The van der Waals surface area contributed by atoms with Crippen molar-refractivity contribution in [3.63, 3.8) is 0 Å². The van der Waals surface area contributed by atoms with Gasteiger partial charge in [-0.15, -0.1) is 0 Å². The second-order valence-electron chi connectivity index (χ2n) is 5.83. The molecule has 0 unspecified atom stereocenters. The fourth-order valence-electron chi connectivity index (χ4n) is 2.18. The second kappa shape index (κ2) is 7.71. The number of carbonyl (C=O) groups is 2. The fraction of sp³-hybridized carbons (Fsp3) is 0.500. The Morgan fingerprint density at radius 3 is 2.30 bits per heavy atom. The highest BCUT2D eigenvalue weighted by molar-refractivity contribution is 6.05. The van der Waals surface area contributed by atoms with Crippen LogP contribution in [0.4, 0.5) is 10.5 Å². The lowest BCUT2D eigenvalue weighted by molar-refractivity contribution is -0.385. The molecule has 23 heavy (non-hydrogen) atoms. The van der Waals surface area contributed by atoms with E-state index in [2.05, 4.69) is 5.32 Å². The van der Waals surface area contributed by atoms with Crippen molar-refractivity contribution in [3.05, 3.63) is 39.4 Å². The minimum Gasteiger partial charge on any atom is -0.335 e. The maximum Gasteiger partial charge on any atom is 0.324 e. The summed E-state index contributed by atoms with van der Waals surface area (Å²) in [6, 6.07) is 3.32. The van der Waals surface area contributed by atoms with Gasteiger partial charge in [-0.2, -0.15) is 0 Å². The summed E-state index contributed by atoms with van der Waals surface area (Å²) in [5, 5.41) is 13.8. The molecular formula is C16H23N3O4. The maximum atomic E-state index is 12.6. The van der Waals surface area contributed by atoms with Crippen molar-refractivity contribution in [2.45, 2.75) is 53.1 Å². The zero-order valence-electron chi connectivity index (χ0n) is 14.1. The number of nitrogens with zero attached hydrogens (tertiary/aromatic N) is 2. The lowest BCUT2D eigenvalue weighted by Crippen LogP contribution is -2.49. The van der Waals surface area contributed by atoms with Gasteiger partial charge in [-0.25, -0.2) is 4.79 Å². The number of nitrogens with one attached hydrogen (secondary N) is 1. The summed E-state index contributed by atoms with van der Waals surface area (Å²) >= 11 is 0. The molecular weight excluding hydrogens is 298 g/mol. The first-order valence-corrected chi connectivity index (χ1v) is 7.60. The van der Waals surface area contributed by atoms with Gasteiger partial charge in [0, 0.05) is 29.3 Å². The number of urea groups is 1. The van der Waals surface area contributed by atoms with Gasteiger partial charge in [0.05, 0.1) is 4.92 Å². The Balaban J connectivity index is 3.21. The standard InChI is InChI=1S/C16H23N3O4/c1-6-12-7-8-13(9-14(12)19(22)23)15(20)18(11(4)5)16(21)17-10(2)3/h7-11H,6H2,1-5H3,(H,17,21). The third kappa shape index (κ3) is 4.51. The molecule has 1 aromatic rings. The molecule has 7 heteroatoms. The molecule has 0 bridgehead atoms. The monoisotopic (exact) mass is 321 g/mol. The predicted octanol–water partition coefficient (Wildman–Crippen LogP) is 3.13. The molecule has 0 saturated carbocycles. The molecule has 0 aliphatic carbocycles. The predicted molar refractivity (Wildman–Crippen MR) is 87.4 cm³/mol. The van der Waals surface area contributed by atoms with Gasteiger partial charge in [-0.1, -0.05) is 13.0 Å². The van der Waals surface area contributed by atoms with Gasteiger partial charge in [0.1, 0.15) is 0 Å². The second-order valence-corrected chi connectivity index (χ2v) is 5.83.